The molecule has 0 aliphatic carbocycles. The quantitative estimate of drug-likeness (QED) is 0.285. The summed E-state index contributed by atoms with van der Waals surface area (Å²) in [5, 5.41) is 6.03. The number of hydrogen-bond donors (Lipinski definition) is 2. The van der Waals surface area contributed by atoms with E-state index < -0.39 is 0 Å². The molecule has 3 rings (SSSR count). The molecule has 0 aliphatic heterocycles. The molecule has 0 unspecified atom stereocenters. The highest BCUT2D eigenvalue weighted by atomic mass is 16.5. The zero-order chi connectivity index (χ0) is 23.1. The molecule has 1 amide bonds. The van der Waals surface area contributed by atoms with Crippen LogP contribution in [0, 0.1) is 0 Å². The average Bonchev–Trinajstić information content (AvgIpc) is 2.85. The predicted molar refractivity (Wildman–Crippen MR) is 135 cm³/mol. The highest BCUT2D eigenvalue weighted by Crippen LogP contribution is 2.18. The maximum Gasteiger partial charge on any atom is 0.243 e. The lowest BCUT2D eigenvalue weighted by Crippen LogP contribution is -2.21. The fraction of sp³-hybridized carbons (Fsp3) is 0.321. The molecular formula is C28H34N2O3. The number of nitrogens with one attached hydrogen (secondary N) is 2. The zero-order valence-electron chi connectivity index (χ0n) is 19.4. The number of benzene rings is 3. The third-order valence-corrected chi connectivity index (χ3v) is 5.21. The van der Waals surface area contributed by atoms with Crippen molar-refractivity contribution in [2.75, 3.05) is 30.4 Å². The van der Waals surface area contributed by atoms with Gasteiger partial charge >= 0.3 is 0 Å². The molecule has 174 valence electrons. The summed E-state index contributed by atoms with van der Waals surface area (Å²) >= 11 is 0. The Balaban J connectivity index is 1.33. The molecule has 33 heavy (non-hydrogen) atoms. The van der Waals surface area contributed by atoms with Crippen molar-refractivity contribution in [3.63, 3.8) is 0 Å². The molecule has 0 atom stereocenters. The minimum absolute atomic E-state index is 0.105. The Hall–Kier alpha value is -3.47. The van der Waals surface area contributed by atoms with E-state index in [4.69, 9.17) is 9.47 Å². The topological polar surface area (TPSA) is 59.6 Å². The van der Waals surface area contributed by atoms with Gasteiger partial charge in [-0.25, -0.2) is 0 Å². The first-order valence-electron chi connectivity index (χ1n) is 11.8. The Morgan fingerprint density at radius 1 is 0.727 bits per heavy atom. The van der Waals surface area contributed by atoms with Crippen LogP contribution in [0.4, 0.5) is 11.4 Å². The van der Waals surface area contributed by atoms with Crippen LogP contribution in [-0.2, 0) is 11.2 Å². The van der Waals surface area contributed by atoms with E-state index in [-0.39, 0.29) is 12.5 Å². The van der Waals surface area contributed by atoms with E-state index in [9.17, 15) is 4.79 Å². The summed E-state index contributed by atoms with van der Waals surface area (Å²) in [7, 11) is 0. The summed E-state index contributed by atoms with van der Waals surface area (Å²) in [6, 6.07) is 25.4. The van der Waals surface area contributed by atoms with Gasteiger partial charge in [-0.05, 0) is 60.5 Å². The maximum atomic E-state index is 12.3. The maximum absolute atomic E-state index is 12.3. The molecule has 5 nitrogen and oxygen atoms in total. The number of anilines is 2. The van der Waals surface area contributed by atoms with E-state index in [1.54, 1.807) is 0 Å². The fourth-order valence-electron chi connectivity index (χ4n) is 3.34. The molecule has 0 aliphatic rings. The third kappa shape index (κ3) is 9.27. The monoisotopic (exact) mass is 446 g/mol. The zero-order valence-corrected chi connectivity index (χ0v) is 19.4. The Kier molecular flexibility index (Phi) is 10.1. The summed E-state index contributed by atoms with van der Waals surface area (Å²) in [6.45, 7) is 3.74. The van der Waals surface area contributed by atoms with Crippen LogP contribution in [0.3, 0.4) is 0 Å². The third-order valence-electron chi connectivity index (χ3n) is 5.21. The van der Waals surface area contributed by atoms with Gasteiger partial charge in [0, 0.05) is 17.8 Å². The van der Waals surface area contributed by atoms with E-state index in [0.29, 0.717) is 6.61 Å². The van der Waals surface area contributed by atoms with Gasteiger partial charge in [-0.15, -0.1) is 0 Å². The van der Waals surface area contributed by atoms with E-state index >= 15 is 0 Å². The second-order valence-corrected chi connectivity index (χ2v) is 7.94. The normalized spacial score (nSPS) is 10.5. The molecule has 3 aromatic rings. The second kappa shape index (κ2) is 13.8. The molecule has 0 fully saturated rings. The molecule has 0 saturated carbocycles. The highest BCUT2D eigenvalue weighted by Gasteiger charge is 2.04. The van der Waals surface area contributed by atoms with Gasteiger partial charge in [-0.1, -0.05) is 56.5 Å². The van der Waals surface area contributed by atoms with Crippen LogP contribution < -0.4 is 20.1 Å². The molecule has 0 spiro atoms. The van der Waals surface area contributed by atoms with Crippen molar-refractivity contribution in [3.05, 3.63) is 84.4 Å². The van der Waals surface area contributed by atoms with Crippen LogP contribution in [0.5, 0.6) is 11.5 Å². The lowest BCUT2D eigenvalue weighted by molar-refractivity contribution is -0.114. The van der Waals surface area contributed by atoms with Crippen molar-refractivity contribution < 1.29 is 14.3 Å². The molecule has 3 aromatic carbocycles. The molecule has 0 saturated heterocycles. The van der Waals surface area contributed by atoms with Crippen LogP contribution in [0.25, 0.3) is 0 Å². The fourth-order valence-corrected chi connectivity index (χ4v) is 3.34. The van der Waals surface area contributed by atoms with Gasteiger partial charge in [0.1, 0.15) is 11.5 Å². The summed E-state index contributed by atoms with van der Waals surface area (Å²) in [6.07, 6.45) is 5.60. The number of unbranched alkanes of at least 4 members (excludes halogenated alkanes) is 3. The number of rotatable bonds is 14. The lowest BCUT2D eigenvalue weighted by Gasteiger charge is -2.10. The van der Waals surface area contributed by atoms with Gasteiger partial charge in [-0.2, -0.15) is 0 Å². The Morgan fingerprint density at radius 3 is 2.03 bits per heavy atom. The largest absolute Gasteiger partial charge is 0.494 e. The molecule has 2 N–H and O–H groups in total. The van der Waals surface area contributed by atoms with Gasteiger partial charge in [0.15, 0.2) is 0 Å². The molecule has 0 bridgehead atoms. The summed E-state index contributed by atoms with van der Waals surface area (Å²) in [4.78, 5) is 12.3. The van der Waals surface area contributed by atoms with Crippen molar-refractivity contribution in [1.82, 2.24) is 0 Å². The van der Waals surface area contributed by atoms with E-state index in [0.717, 1.165) is 42.3 Å². The number of hydrogen-bond acceptors (Lipinski definition) is 4. The number of amides is 1. The van der Waals surface area contributed by atoms with Crippen molar-refractivity contribution in [2.45, 2.75) is 39.0 Å². The number of ether oxygens (including phenoxy) is 2. The molecule has 5 heteroatoms. The minimum atomic E-state index is -0.105. The van der Waals surface area contributed by atoms with Crippen molar-refractivity contribution in [1.29, 1.82) is 0 Å². The van der Waals surface area contributed by atoms with Crippen molar-refractivity contribution in [2.24, 2.45) is 0 Å². The molecular weight excluding hydrogens is 412 g/mol. The van der Waals surface area contributed by atoms with Gasteiger partial charge < -0.3 is 20.1 Å². The Morgan fingerprint density at radius 2 is 1.36 bits per heavy atom. The molecule has 0 heterocycles. The Bertz CT molecular complexity index is 941. The van der Waals surface area contributed by atoms with Crippen LogP contribution in [0.15, 0.2) is 78.9 Å². The number of carbonyl (C=O) groups is 1. The van der Waals surface area contributed by atoms with E-state index in [1.165, 1.54) is 24.8 Å². The molecule has 0 radical (unpaired) electrons. The summed E-state index contributed by atoms with van der Waals surface area (Å²) in [5.74, 6) is 1.54. The smallest absolute Gasteiger partial charge is 0.243 e. The first-order valence-corrected chi connectivity index (χ1v) is 11.8. The number of carbonyl (C=O) groups excluding carboxylic acids is 1. The minimum Gasteiger partial charge on any atom is -0.494 e. The highest BCUT2D eigenvalue weighted by molar-refractivity contribution is 5.93. The van der Waals surface area contributed by atoms with Crippen molar-refractivity contribution in [3.8, 4) is 11.5 Å². The predicted octanol–water partition coefficient (Wildman–Crippen LogP) is 6.32. The lowest BCUT2D eigenvalue weighted by atomic mass is 10.2. The van der Waals surface area contributed by atoms with Gasteiger partial charge in [-0.3, -0.25) is 4.79 Å². The van der Waals surface area contributed by atoms with E-state index in [1.807, 2.05) is 66.7 Å². The van der Waals surface area contributed by atoms with Crippen LogP contribution in [0.1, 0.15) is 38.2 Å². The van der Waals surface area contributed by atoms with Crippen LogP contribution in [0.2, 0.25) is 0 Å². The second-order valence-electron chi connectivity index (χ2n) is 7.94. The molecule has 0 aromatic heterocycles. The first-order chi connectivity index (χ1) is 16.2. The first kappa shape index (κ1) is 24.2. The summed E-state index contributed by atoms with van der Waals surface area (Å²) < 4.78 is 11.5. The van der Waals surface area contributed by atoms with Gasteiger partial charge in [0.25, 0.3) is 0 Å². The average molecular weight is 447 g/mol. The van der Waals surface area contributed by atoms with Crippen molar-refractivity contribution >= 4 is 17.3 Å². The SMILES string of the molecule is CCCCCCOc1ccc(NC(=O)CNc2ccc(OCCc3ccccc3)cc2)cc1. The van der Waals surface area contributed by atoms with Gasteiger partial charge in [0.05, 0.1) is 19.8 Å². The Labute approximate surface area is 197 Å². The summed E-state index contributed by atoms with van der Waals surface area (Å²) in [5.41, 5.74) is 2.88. The van der Waals surface area contributed by atoms with E-state index in [2.05, 4.69) is 29.7 Å². The van der Waals surface area contributed by atoms with Gasteiger partial charge in [0.2, 0.25) is 5.91 Å². The van der Waals surface area contributed by atoms with Crippen LogP contribution >= 0.6 is 0 Å². The standard InChI is InChI=1S/C28H34N2O3/c1-2-3-4-8-20-32-26-17-13-25(14-18-26)30-28(31)22-29-24-11-15-27(16-12-24)33-21-19-23-9-6-5-7-10-23/h5-7,9-18,29H,2-4,8,19-22H2,1H3,(H,30,31). The van der Waals surface area contributed by atoms with Crippen LogP contribution in [-0.4, -0.2) is 25.7 Å².